The van der Waals surface area contributed by atoms with Gasteiger partial charge in [-0.1, -0.05) is 0 Å². The van der Waals surface area contributed by atoms with Gasteiger partial charge in [-0.2, -0.15) is 5.26 Å². The van der Waals surface area contributed by atoms with Gasteiger partial charge in [-0.15, -0.1) is 0 Å². The molecule has 3 fully saturated rings. The highest BCUT2D eigenvalue weighted by Crippen LogP contribution is 2.57. The Labute approximate surface area is 232 Å². The minimum absolute atomic E-state index is 0.0140. The number of piperazine rings is 1. The maximum atomic E-state index is 13.4. The van der Waals surface area contributed by atoms with E-state index in [1.165, 1.54) is 11.1 Å². The summed E-state index contributed by atoms with van der Waals surface area (Å²) in [6.07, 6.45) is 4.80. The number of amides is 3. The van der Waals surface area contributed by atoms with E-state index in [2.05, 4.69) is 26.7 Å². The lowest BCUT2D eigenvalue weighted by atomic mass is 9.88. The Morgan fingerprint density at radius 1 is 1.27 bits per heavy atom. The Hall–Kier alpha value is -4.08. The van der Waals surface area contributed by atoms with E-state index >= 15 is 0 Å². The van der Waals surface area contributed by atoms with Gasteiger partial charge in [0.05, 0.1) is 29.9 Å². The predicted molar refractivity (Wildman–Crippen MR) is 146 cm³/mol. The van der Waals surface area contributed by atoms with E-state index in [9.17, 15) is 19.6 Å². The van der Waals surface area contributed by atoms with Gasteiger partial charge in [0, 0.05) is 51.1 Å². The van der Waals surface area contributed by atoms with Crippen molar-refractivity contribution >= 4 is 35.5 Å². The second-order valence-electron chi connectivity index (χ2n) is 11.0. The van der Waals surface area contributed by atoms with E-state index in [-0.39, 0.29) is 23.7 Å². The number of carbonyl (C=O) groups excluding carboxylic acids is 3. The number of rotatable bonds is 7. The highest BCUT2D eigenvalue weighted by Gasteiger charge is 2.62. The smallest absolute Gasteiger partial charge is 0.328 e. The minimum atomic E-state index is -0.420. The van der Waals surface area contributed by atoms with Crippen molar-refractivity contribution in [2.24, 2.45) is 11.8 Å². The molecule has 12 nitrogen and oxygen atoms in total. The molecular formula is C28H32N8O4. The Morgan fingerprint density at radius 3 is 2.88 bits per heavy atom. The van der Waals surface area contributed by atoms with Crippen LogP contribution in [0.2, 0.25) is 0 Å². The molecule has 2 aliphatic carbocycles. The van der Waals surface area contributed by atoms with Gasteiger partial charge in [0.1, 0.15) is 23.4 Å². The third kappa shape index (κ3) is 4.76. The lowest BCUT2D eigenvalue weighted by molar-refractivity contribution is -0.136. The van der Waals surface area contributed by atoms with Gasteiger partial charge < -0.3 is 15.0 Å². The van der Waals surface area contributed by atoms with Gasteiger partial charge >= 0.3 is 6.03 Å². The van der Waals surface area contributed by atoms with E-state index < -0.39 is 6.03 Å². The number of anilines is 3. The molecule has 40 heavy (non-hydrogen) atoms. The largest absolute Gasteiger partial charge is 0.379 e. The van der Waals surface area contributed by atoms with Crippen molar-refractivity contribution in [1.29, 1.82) is 5.26 Å². The lowest BCUT2D eigenvalue weighted by Gasteiger charge is -2.36. The summed E-state index contributed by atoms with van der Waals surface area (Å²) in [7, 11) is 3.61. The van der Waals surface area contributed by atoms with Crippen molar-refractivity contribution in [3.8, 4) is 6.07 Å². The highest BCUT2D eigenvalue weighted by atomic mass is 16.5. The van der Waals surface area contributed by atoms with Crippen LogP contribution in [-0.4, -0.2) is 90.5 Å². The number of hydrogen-bond acceptors (Lipinski definition) is 9. The fraction of sp³-hybridized carbons (Fsp3) is 0.500. The number of aromatic nitrogens is 2. The first-order valence-electron chi connectivity index (χ1n) is 13.6. The van der Waals surface area contributed by atoms with E-state index in [1.807, 2.05) is 18.0 Å². The Morgan fingerprint density at radius 2 is 2.12 bits per heavy atom. The quantitative estimate of drug-likeness (QED) is 0.499. The van der Waals surface area contributed by atoms with Crippen LogP contribution in [0.15, 0.2) is 18.3 Å². The molecule has 3 amide bonds. The number of urea groups is 1. The first-order valence-corrected chi connectivity index (χ1v) is 13.6. The summed E-state index contributed by atoms with van der Waals surface area (Å²) in [4.78, 5) is 52.0. The molecule has 4 heterocycles. The molecule has 2 N–H and O–H groups in total. The van der Waals surface area contributed by atoms with E-state index in [4.69, 9.17) is 4.74 Å². The number of ether oxygens (including phenoxy) is 1. The summed E-state index contributed by atoms with van der Waals surface area (Å²) < 4.78 is 5.59. The number of likely N-dealkylation sites (N-methyl/N-ethyl adjacent to an activating group) is 1. The summed E-state index contributed by atoms with van der Waals surface area (Å²) in [5.41, 5.74) is 2.76. The van der Waals surface area contributed by atoms with Gasteiger partial charge in [-0.05, 0) is 49.8 Å². The maximum Gasteiger partial charge on any atom is 0.328 e. The molecule has 1 saturated heterocycles. The molecule has 12 heteroatoms. The Kier molecular flexibility index (Phi) is 6.85. The average molecular weight is 545 g/mol. The first-order chi connectivity index (χ1) is 19.4. The standard InChI is InChI=1S/C28H32N8O4/c1-34-6-7-35(24(38)14-34)13-17-8-16-4-3-5-36(27(16)32-22(17)15-37)28(39)33-23-10-21(18(11-29)12-30-23)31-25-19-9-20(19)26(25)40-2/h8,10,12,15,19-20,25-26H,3-7,9,13-14H2,1-2H3,(H2,30,31,33,39)/t19?,20?,25-,26?/m1/s1. The number of methoxy groups -OCH3 is 1. The van der Waals surface area contributed by atoms with E-state index in [0.717, 1.165) is 24.9 Å². The molecule has 0 bridgehead atoms. The van der Waals surface area contributed by atoms with Gasteiger partial charge in [0.2, 0.25) is 5.91 Å². The molecule has 0 radical (unpaired) electrons. The number of fused-ring (bicyclic) bond motifs is 2. The summed E-state index contributed by atoms with van der Waals surface area (Å²) >= 11 is 0. The third-order valence-corrected chi connectivity index (χ3v) is 8.48. The molecule has 2 aromatic rings. The van der Waals surface area contributed by atoms with Gasteiger partial charge in [-0.25, -0.2) is 14.8 Å². The summed E-state index contributed by atoms with van der Waals surface area (Å²) in [6.45, 7) is 2.44. The fourth-order valence-electron chi connectivity index (χ4n) is 6.17. The second kappa shape index (κ2) is 10.5. The number of nitriles is 1. The van der Waals surface area contributed by atoms with Crippen LogP contribution < -0.4 is 15.5 Å². The molecule has 6 rings (SSSR count). The molecule has 0 aromatic carbocycles. The van der Waals surface area contributed by atoms with Crippen LogP contribution in [0.1, 0.15) is 40.0 Å². The van der Waals surface area contributed by atoms with Crippen LogP contribution in [0.5, 0.6) is 0 Å². The molecule has 2 aromatic heterocycles. The number of aryl methyl sites for hydroxylation is 1. The topological polar surface area (TPSA) is 144 Å². The lowest BCUT2D eigenvalue weighted by Crippen LogP contribution is -2.48. The minimum Gasteiger partial charge on any atom is -0.379 e. The number of hydrogen-bond donors (Lipinski definition) is 2. The zero-order chi connectivity index (χ0) is 28.0. The zero-order valence-electron chi connectivity index (χ0n) is 22.6. The highest BCUT2D eigenvalue weighted by molar-refractivity contribution is 6.02. The molecule has 3 unspecified atom stereocenters. The number of pyridine rings is 2. The van der Waals surface area contributed by atoms with Gasteiger partial charge in [0.15, 0.2) is 6.29 Å². The van der Waals surface area contributed by atoms with Crippen molar-refractivity contribution in [3.05, 3.63) is 40.7 Å². The molecule has 4 atom stereocenters. The monoisotopic (exact) mass is 544 g/mol. The SMILES string of the molecule is COC1C2CC2[C@H]1Nc1cc(NC(=O)N2CCCc3cc(CN4CCN(C)CC4=O)c(C=O)nc32)ncc1C#N. The van der Waals surface area contributed by atoms with Crippen molar-refractivity contribution in [3.63, 3.8) is 0 Å². The fourth-order valence-corrected chi connectivity index (χ4v) is 6.17. The number of carbonyl (C=O) groups is 3. The second-order valence-corrected chi connectivity index (χ2v) is 11.0. The van der Waals surface area contributed by atoms with Crippen molar-refractivity contribution in [1.82, 2.24) is 19.8 Å². The average Bonchev–Trinajstić information content (AvgIpc) is 3.67. The summed E-state index contributed by atoms with van der Waals surface area (Å²) in [6, 6.07) is 5.44. The zero-order valence-corrected chi connectivity index (χ0v) is 22.6. The van der Waals surface area contributed by atoms with Crippen LogP contribution in [-0.2, 0) is 22.5 Å². The maximum absolute atomic E-state index is 13.4. The van der Waals surface area contributed by atoms with Crippen molar-refractivity contribution < 1.29 is 19.1 Å². The van der Waals surface area contributed by atoms with Gasteiger partial charge in [0.25, 0.3) is 0 Å². The molecule has 2 aliphatic heterocycles. The summed E-state index contributed by atoms with van der Waals surface area (Å²) in [5.74, 6) is 1.88. The van der Waals surface area contributed by atoms with Crippen molar-refractivity contribution in [2.45, 2.75) is 38.0 Å². The molecule has 2 saturated carbocycles. The van der Waals surface area contributed by atoms with Gasteiger partial charge in [-0.3, -0.25) is 24.7 Å². The van der Waals surface area contributed by atoms with Crippen LogP contribution in [0.25, 0.3) is 0 Å². The molecule has 4 aliphatic rings. The Balaban J connectivity index is 1.19. The number of nitrogens with one attached hydrogen (secondary N) is 2. The van der Waals surface area contributed by atoms with Crippen LogP contribution in [0.3, 0.4) is 0 Å². The summed E-state index contributed by atoms with van der Waals surface area (Å²) in [5, 5.41) is 15.9. The Bertz CT molecular complexity index is 1410. The molecule has 208 valence electrons. The normalized spacial score (nSPS) is 25.3. The number of aldehydes is 1. The van der Waals surface area contributed by atoms with Crippen LogP contribution in [0, 0.1) is 23.2 Å². The first kappa shape index (κ1) is 26.2. The van der Waals surface area contributed by atoms with Crippen molar-refractivity contribution in [2.75, 3.05) is 55.9 Å². The van der Waals surface area contributed by atoms with E-state index in [0.29, 0.717) is 79.2 Å². The number of nitrogens with zero attached hydrogens (tertiary/aromatic N) is 6. The molecule has 0 spiro atoms. The van der Waals surface area contributed by atoms with E-state index in [1.54, 1.807) is 18.1 Å². The third-order valence-electron chi connectivity index (χ3n) is 8.48. The van der Waals surface area contributed by atoms with Crippen LogP contribution >= 0.6 is 0 Å². The molecular weight excluding hydrogens is 512 g/mol. The van der Waals surface area contributed by atoms with Crippen LogP contribution in [0.4, 0.5) is 22.1 Å². The predicted octanol–water partition coefficient (Wildman–Crippen LogP) is 1.86.